The van der Waals surface area contributed by atoms with Crippen LogP contribution in [-0.4, -0.2) is 10.7 Å². The molecule has 0 spiro atoms. The Morgan fingerprint density at radius 3 is 2.48 bits per heavy atom. The van der Waals surface area contributed by atoms with E-state index in [-0.39, 0.29) is 11.9 Å². The lowest BCUT2D eigenvalue weighted by Gasteiger charge is -2.38. The smallest absolute Gasteiger partial charge is 0.213 e. The highest BCUT2D eigenvalue weighted by Crippen LogP contribution is 2.50. The fraction of sp³-hybridized carbons (Fsp3) is 0.136. The number of hydrogen-bond acceptors (Lipinski definition) is 3. The molecule has 3 aromatic rings. The maximum atomic E-state index is 13.5. The van der Waals surface area contributed by atoms with Gasteiger partial charge in [-0.3, -0.25) is 0 Å². The van der Waals surface area contributed by atoms with Gasteiger partial charge in [-0.05, 0) is 42.0 Å². The van der Waals surface area contributed by atoms with E-state index < -0.39 is 6.23 Å². The number of halogens is 4. The summed E-state index contributed by atoms with van der Waals surface area (Å²) in [5.41, 5.74) is 3.68. The minimum Gasteiger partial charge on any atom is -0.463 e. The van der Waals surface area contributed by atoms with Gasteiger partial charge in [0.05, 0.1) is 16.8 Å². The van der Waals surface area contributed by atoms with Crippen LogP contribution in [-0.2, 0) is 0 Å². The van der Waals surface area contributed by atoms with Crippen LogP contribution < -0.4 is 4.74 Å². The van der Waals surface area contributed by atoms with E-state index in [0.29, 0.717) is 22.2 Å². The van der Waals surface area contributed by atoms with Crippen molar-refractivity contribution in [2.75, 3.05) is 0 Å². The Labute approximate surface area is 185 Å². The molecule has 0 saturated carbocycles. The molecule has 2 aliphatic rings. The summed E-state index contributed by atoms with van der Waals surface area (Å²) in [5.74, 6) is 0.297. The number of benzene rings is 3. The normalized spacial score (nSPS) is 20.0. The Balaban J connectivity index is 1.62. The molecule has 0 aliphatic carbocycles. The van der Waals surface area contributed by atoms with E-state index in [1.54, 1.807) is 18.2 Å². The van der Waals surface area contributed by atoms with Crippen LogP contribution in [0.3, 0.4) is 0 Å². The summed E-state index contributed by atoms with van der Waals surface area (Å²) in [6.45, 7) is 0. The van der Waals surface area contributed by atoms with Crippen molar-refractivity contribution >= 4 is 44.8 Å². The van der Waals surface area contributed by atoms with E-state index in [9.17, 15) is 4.39 Å². The predicted molar refractivity (Wildman–Crippen MR) is 116 cm³/mol. The summed E-state index contributed by atoms with van der Waals surface area (Å²) in [5, 5.41) is 7.80. The van der Waals surface area contributed by atoms with E-state index in [1.165, 1.54) is 12.1 Å². The molecule has 5 rings (SSSR count). The molecule has 2 atom stereocenters. The van der Waals surface area contributed by atoms with Crippen LogP contribution in [0.25, 0.3) is 0 Å². The first kappa shape index (κ1) is 18.9. The van der Waals surface area contributed by atoms with Crippen molar-refractivity contribution in [3.8, 4) is 5.75 Å². The Bertz CT molecular complexity index is 1120. The number of hydrazone groups is 1. The molecule has 2 aliphatic heterocycles. The fourth-order valence-corrected chi connectivity index (χ4v) is 4.60. The maximum absolute atomic E-state index is 13.5. The molecule has 146 valence electrons. The van der Waals surface area contributed by atoms with Crippen molar-refractivity contribution < 1.29 is 9.13 Å². The zero-order valence-corrected chi connectivity index (χ0v) is 18.0. The van der Waals surface area contributed by atoms with E-state index in [4.69, 9.17) is 33.0 Å². The lowest BCUT2D eigenvalue weighted by atomic mass is 9.96. The lowest BCUT2D eigenvalue weighted by Crippen LogP contribution is -2.33. The topological polar surface area (TPSA) is 24.8 Å². The van der Waals surface area contributed by atoms with Crippen LogP contribution in [0, 0.1) is 5.82 Å². The largest absolute Gasteiger partial charge is 0.463 e. The van der Waals surface area contributed by atoms with Gasteiger partial charge in [0, 0.05) is 27.0 Å². The van der Waals surface area contributed by atoms with Crippen molar-refractivity contribution in [1.29, 1.82) is 0 Å². The van der Waals surface area contributed by atoms with E-state index in [2.05, 4.69) is 15.9 Å². The first-order valence-corrected chi connectivity index (χ1v) is 10.6. The number of rotatable bonds is 2. The highest BCUT2D eigenvalue weighted by molar-refractivity contribution is 9.10. The van der Waals surface area contributed by atoms with Gasteiger partial charge in [-0.25, -0.2) is 9.40 Å². The third-order valence-electron chi connectivity index (χ3n) is 5.14. The van der Waals surface area contributed by atoms with Gasteiger partial charge in [-0.2, -0.15) is 5.10 Å². The Morgan fingerprint density at radius 2 is 1.76 bits per heavy atom. The summed E-state index contributed by atoms with van der Waals surface area (Å²) in [6, 6.07) is 17.8. The van der Waals surface area contributed by atoms with Crippen LogP contribution in [0.5, 0.6) is 5.75 Å². The zero-order chi connectivity index (χ0) is 20.1. The third-order valence-corrected chi connectivity index (χ3v) is 6.17. The molecule has 3 aromatic carbocycles. The molecule has 0 aromatic heterocycles. The summed E-state index contributed by atoms with van der Waals surface area (Å²) >= 11 is 16.2. The summed E-state index contributed by atoms with van der Waals surface area (Å²) < 4.78 is 20.7. The van der Waals surface area contributed by atoms with Crippen LogP contribution in [0.4, 0.5) is 4.39 Å². The standard InChI is InChI=1S/C22H14BrCl2FN2O/c23-14-5-1-12(2-6-14)19-11-20-17-9-15(24)10-18(25)21(17)29-22(28(20)27-19)13-3-7-16(26)8-4-13/h1-10,20,22H,11H2/t20-,22+/m0/s1. The maximum Gasteiger partial charge on any atom is 0.213 e. The molecule has 2 heterocycles. The second kappa shape index (κ2) is 7.31. The fourth-order valence-electron chi connectivity index (χ4n) is 3.78. The number of hydrogen-bond donors (Lipinski definition) is 0. The van der Waals surface area contributed by atoms with Crippen LogP contribution >= 0.6 is 39.1 Å². The van der Waals surface area contributed by atoms with Crippen LogP contribution in [0.2, 0.25) is 10.0 Å². The van der Waals surface area contributed by atoms with Crippen molar-refractivity contribution in [3.05, 3.63) is 97.7 Å². The van der Waals surface area contributed by atoms with Crippen molar-refractivity contribution in [3.63, 3.8) is 0 Å². The molecule has 0 amide bonds. The quantitative estimate of drug-likeness (QED) is 0.380. The molecule has 0 radical (unpaired) electrons. The highest BCUT2D eigenvalue weighted by Gasteiger charge is 2.42. The molecule has 0 N–H and O–H groups in total. The summed E-state index contributed by atoms with van der Waals surface area (Å²) in [4.78, 5) is 0. The Morgan fingerprint density at radius 1 is 1.03 bits per heavy atom. The summed E-state index contributed by atoms with van der Waals surface area (Å²) in [6.07, 6.45) is 0.173. The van der Waals surface area contributed by atoms with Gasteiger partial charge < -0.3 is 4.74 Å². The highest BCUT2D eigenvalue weighted by atomic mass is 79.9. The first-order valence-electron chi connectivity index (χ1n) is 9.02. The zero-order valence-electron chi connectivity index (χ0n) is 14.9. The molecule has 0 unspecified atom stereocenters. The monoisotopic (exact) mass is 490 g/mol. The third kappa shape index (κ3) is 3.41. The van der Waals surface area contributed by atoms with Gasteiger partial charge in [0.15, 0.2) is 0 Å². The second-order valence-corrected chi connectivity index (χ2v) is 8.74. The minimum absolute atomic E-state index is 0.0800. The molecule has 3 nitrogen and oxygen atoms in total. The molecular formula is C22H14BrCl2FN2O. The number of ether oxygens (including phenoxy) is 1. The van der Waals surface area contributed by atoms with Gasteiger partial charge in [-0.1, -0.05) is 63.4 Å². The Hall–Kier alpha value is -2.08. The van der Waals surface area contributed by atoms with Crippen LogP contribution in [0.1, 0.15) is 35.4 Å². The van der Waals surface area contributed by atoms with Gasteiger partial charge in [0.25, 0.3) is 0 Å². The van der Waals surface area contributed by atoms with Gasteiger partial charge >= 0.3 is 0 Å². The predicted octanol–water partition coefficient (Wildman–Crippen LogP) is 7.14. The average Bonchev–Trinajstić information content (AvgIpc) is 3.14. The minimum atomic E-state index is -0.514. The van der Waals surface area contributed by atoms with Crippen molar-refractivity contribution in [2.45, 2.75) is 18.7 Å². The molecule has 0 saturated heterocycles. The molecule has 0 bridgehead atoms. The first-order chi connectivity index (χ1) is 14.0. The molecule has 7 heteroatoms. The van der Waals surface area contributed by atoms with Crippen LogP contribution in [0.15, 0.2) is 70.2 Å². The average molecular weight is 492 g/mol. The van der Waals surface area contributed by atoms with E-state index in [1.807, 2.05) is 35.3 Å². The van der Waals surface area contributed by atoms with E-state index in [0.717, 1.165) is 26.9 Å². The molecule has 0 fully saturated rings. The molecular weight excluding hydrogens is 478 g/mol. The van der Waals surface area contributed by atoms with Crippen molar-refractivity contribution in [2.24, 2.45) is 5.10 Å². The van der Waals surface area contributed by atoms with Crippen molar-refractivity contribution in [1.82, 2.24) is 5.01 Å². The Kier molecular flexibility index (Phi) is 4.77. The van der Waals surface area contributed by atoms with Gasteiger partial charge in [0.2, 0.25) is 6.23 Å². The van der Waals surface area contributed by atoms with Gasteiger partial charge in [0.1, 0.15) is 11.6 Å². The second-order valence-electron chi connectivity index (χ2n) is 6.98. The lowest BCUT2D eigenvalue weighted by molar-refractivity contribution is -0.0189. The van der Waals surface area contributed by atoms with Gasteiger partial charge in [-0.15, -0.1) is 0 Å². The number of fused-ring (bicyclic) bond motifs is 3. The SMILES string of the molecule is Fc1ccc([C@H]2Oc3c(Cl)cc(Cl)cc3[C@@H]3CC(c4ccc(Br)cc4)=NN23)cc1. The summed E-state index contributed by atoms with van der Waals surface area (Å²) in [7, 11) is 0. The number of nitrogens with zero attached hydrogens (tertiary/aromatic N) is 2. The molecule has 29 heavy (non-hydrogen) atoms. The van der Waals surface area contributed by atoms with E-state index >= 15 is 0 Å².